The van der Waals surface area contributed by atoms with Crippen molar-refractivity contribution in [2.24, 2.45) is 45.3 Å². The standard InChI is InChI=1S/C47H76O18/c1-21(2)14-22-15-45(7,57)38-23-8-9-28-43(5)12-11-29(42(3,4)27(43)10-13-44(28,6)46(23)19-47(38,65-22)58-20-46)62-41-37(64-39-34(55)31(52)25(17-49)60-39)36(32(53)26(18-50)61-41)63-40-35(56)33(54)30(51)24(16-48)59-40/h14,22-41,48-57H,8-13,15-20H2,1-7H3/t22-,23+,24+,25+,26+,27-,28+,29-,30+,31+,32-,33-,34+,35-,36+,37-,38+,39-,40-,41-,43+,44-,45-,46+,47+/m1/s1. The summed E-state index contributed by atoms with van der Waals surface area (Å²) in [5.41, 5.74) is -0.668. The maximum atomic E-state index is 12.2. The van der Waals surface area contributed by atoms with Gasteiger partial charge in [0, 0.05) is 24.2 Å². The number of hydrogen-bond acceptors (Lipinski definition) is 18. The quantitative estimate of drug-likeness (QED) is 0.102. The zero-order valence-corrected chi connectivity index (χ0v) is 38.8. The van der Waals surface area contributed by atoms with Gasteiger partial charge in [-0.3, -0.25) is 0 Å². The van der Waals surface area contributed by atoms with E-state index in [4.69, 9.17) is 37.9 Å². The highest BCUT2D eigenvalue weighted by atomic mass is 16.8. The minimum atomic E-state index is -1.86. The van der Waals surface area contributed by atoms with Gasteiger partial charge >= 0.3 is 0 Å². The molecule has 0 aromatic heterocycles. The largest absolute Gasteiger partial charge is 0.394 e. The molecule has 9 rings (SSSR count). The van der Waals surface area contributed by atoms with E-state index in [1.807, 2.05) is 6.92 Å². The van der Waals surface area contributed by atoms with E-state index >= 15 is 0 Å². The molecule has 5 saturated heterocycles. The molecule has 4 saturated carbocycles. The van der Waals surface area contributed by atoms with E-state index in [0.717, 1.165) is 44.1 Å². The second-order valence-corrected chi connectivity index (χ2v) is 22.9. The van der Waals surface area contributed by atoms with E-state index in [2.05, 4.69) is 47.6 Å². The minimum absolute atomic E-state index is 0.0960. The Hall–Kier alpha value is -0.980. The van der Waals surface area contributed by atoms with Crippen LogP contribution in [0.1, 0.15) is 99.8 Å². The van der Waals surface area contributed by atoms with Crippen LogP contribution in [0, 0.1) is 45.3 Å². The lowest BCUT2D eigenvalue weighted by atomic mass is 9.35. The lowest BCUT2D eigenvalue weighted by molar-refractivity contribution is -0.387. The van der Waals surface area contributed by atoms with Gasteiger partial charge in [0.15, 0.2) is 24.7 Å². The van der Waals surface area contributed by atoms with Crippen LogP contribution in [-0.4, -0.2) is 187 Å². The predicted octanol–water partition coefficient (Wildman–Crippen LogP) is -0.0333. The van der Waals surface area contributed by atoms with Gasteiger partial charge < -0.3 is 89.0 Å². The highest BCUT2D eigenvalue weighted by Crippen LogP contribution is 2.80. The van der Waals surface area contributed by atoms with E-state index in [1.165, 1.54) is 0 Å². The average molecular weight is 929 g/mol. The van der Waals surface area contributed by atoms with Crippen LogP contribution in [0.3, 0.4) is 0 Å². The summed E-state index contributed by atoms with van der Waals surface area (Å²) in [7, 11) is 0. The van der Waals surface area contributed by atoms with Gasteiger partial charge in [0.05, 0.1) is 44.2 Å². The molecule has 65 heavy (non-hydrogen) atoms. The van der Waals surface area contributed by atoms with Crippen molar-refractivity contribution in [2.45, 2.75) is 209 Å². The Balaban J connectivity index is 0.991. The zero-order chi connectivity index (χ0) is 47.0. The molecule has 9 aliphatic rings. The molecule has 5 heterocycles. The molecular formula is C47H76O18. The Morgan fingerprint density at radius 3 is 1.86 bits per heavy atom. The van der Waals surface area contributed by atoms with E-state index in [1.54, 1.807) is 0 Å². The van der Waals surface area contributed by atoms with Crippen LogP contribution >= 0.6 is 0 Å². The summed E-state index contributed by atoms with van der Waals surface area (Å²) in [6.07, 6.45) is -14.0. The van der Waals surface area contributed by atoms with Crippen LogP contribution in [0.5, 0.6) is 0 Å². The van der Waals surface area contributed by atoms with Gasteiger partial charge in [0.25, 0.3) is 0 Å². The highest BCUT2D eigenvalue weighted by Gasteiger charge is 2.81. The van der Waals surface area contributed by atoms with Crippen molar-refractivity contribution in [1.29, 1.82) is 0 Å². The van der Waals surface area contributed by atoms with Crippen molar-refractivity contribution in [3.05, 3.63) is 11.6 Å². The number of aliphatic hydroxyl groups excluding tert-OH is 9. The van der Waals surface area contributed by atoms with Crippen LogP contribution in [0.4, 0.5) is 0 Å². The summed E-state index contributed by atoms with van der Waals surface area (Å²) >= 11 is 0. The summed E-state index contributed by atoms with van der Waals surface area (Å²) in [6, 6.07) is 0. The van der Waals surface area contributed by atoms with Crippen molar-refractivity contribution in [3.63, 3.8) is 0 Å². The Morgan fingerprint density at radius 2 is 1.23 bits per heavy atom. The van der Waals surface area contributed by atoms with Crippen molar-refractivity contribution in [1.82, 2.24) is 0 Å². The van der Waals surface area contributed by atoms with Gasteiger partial charge in [0.2, 0.25) is 0 Å². The van der Waals surface area contributed by atoms with Crippen LogP contribution in [0.15, 0.2) is 11.6 Å². The third-order valence-corrected chi connectivity index (χ3v) is 18.8. The summed E-state index contributed by atoms with van der Waals surface area (Å²) < 4.78 is 50.9. The van der Waals surface area contributed by atoms with E-state index in [9.17, 15) is 51.1 Å². The molecule has 4 aliphatic carbocycles. The maximum Gasteiger partial charge on any atom is 0.187 e. The highest BCUT2D eigenvalue weighted by molar-refractivity contribution is 5.26. The molecule has 25 atom stereocenters. The number of ether oxygens (including phenoxy) is 8. The molecule has 9 fully saturated rings. The van der Waals surface area contributed by atoms with Crippen molar-refractivity contribution >= 4 is 0 Å². The molecule has 0 unspecified atom stereocenters. The molecule has 0 aromatic rings. The van der Waals surface area contributed by atoms with Gasteiger partial charge in [0.1, 0.15) is 67.1 Å². The molecule has 18 nitrogen and oxygen atoms in total. The molecule has 10 N–H and O–H groups in total. The van der Waals surface area contributed by atoms with E-state index in [0.29, 0.717) is 25.4 Å². The van der Waals surface area contributed by atoms with Crippen LogP contribution < -0.4 is 0 Å². The predicted molar refractivity (Wildman–Crippen MR) is 225 cm³/mol. The lowest BCUT2D eigenvalue weighted by Crippen LogP contribution is -2.68. The number of hydrogen-bond donors (Lipinski definition) is 10. The smallest absolute Gasteiger partial charge is 0.187 e. The van der Waals surface area contributed by atoms with Crippen LogP contribution in [-0.2, 0) is 37.9 Å². The van der Waals surface area contributed by atoms with Gasteiger partial charge in [-0.25, -0.2) is 0 Å². The average Bonchev–Trinajstić information content (AvgIpc) is 3.86. The summed E-state index contributed by atoms with van der Waals surface area (Å²) in [5.74, 6) is -0.184. The molecule has 18 heteroatoms. The fourth-order valence-corrected chi connectivity index (χ4v) is 15.9. The third kappa shape index (κ3) is 7.40. The fraction of sp³-hybridized carbons (Fsp3) is 0.957. The summed E-state index contributed by atoms with van der Waals surface area (Å²) in [6.45, 7) is 13.9. The van der Waals surface area contributed by atoms with E-state index in [-0.39, 0.29) is 40.1 Å². The van der Waals surface area contributed by atoms with Crippen LogP contribution in [0.25, 0.3) is 0 Å². The monoisotopic (exact) mass is 929 g/mol. The van der Waals surface area contributed by atoms with Crippen molar-refractivity contribution in [2.75, 3.05) is 26.4 Å². The SMILES string of the molecule is CC(C)=C[C@@H]1C[C@@](C)(O)[C@@H]2[C@@H]3CC[C@H]4[C@@]5(C)CC[C@@H](O[C@H]6O[C@@H](CO)[C@@H](O)[C@H](O[C@H]7O[C@@H](CO)[C@H](O)[C@@H](O)[C@H]7O)[C@H]6O[C@H]6O[C@@H](CO)[C@H](O)[C@@H]6O)C(C)(C)[C@H]5CC[C@@]4(C)[C@@]34CO[C@@]2(C4)O1. The molecule has 5 aliphatic heterocycles. The number of aliphatic hydroxyl groups is 10. The number of allylic oxidation sites excluding steroid dienone is 1. The first-order chi connectivity index (χ1) is 30.5. The van der Waals surface area contributed by atoms with Gasteiger partial charge in [-0.1, -0.05) is 39.3 Å². The van der Waals surface area contributed by atoms with E-state index < -0.39 is 129 Å². The second kappa shape index (κ2) is 17.1. The van der Waals surface area contributed by atoms with Crippen molar-refractivity contribution in [3.8, 4) is 0 Å². The normalized spacial score (nSPS) is 56.9. The topological polar surface area (TPSA) is 276 Å². The minimum Gasteiger partial charge on any atom is -0.394 e. The van der Waals surface area contributed by atoms with Gasteiger partial charge in [-0.15, -0.1) is 0 Å². The lowest BCUT2D eigenvalue weighted by Gasteiger charge is -2.70. The zero-order valence-electron chi connectivity index (χ0n) is 38.8. The van der Waals surface area contributed by atoms with Gasteiger partial charge in [-0.05, 0) is 93.3 Å². The number of fused-ring (bicyclic) bond motifs is 4. The Labute approximate surface area is 381 Å². The first-order valence-corrected chi connectivity index (χ1v) is 24.1. The summed E-state index contributed by atoms with van der Waals surface area (Å²) in [5, 5.41) is 108. The summed E-state index contributed by atoms with van der Waals surface area (Å²) in [4.78, 5) is 0. The number of rotatable bonds is 10. The first-order valence-electron chi connectivity index (χ1n) is 24.1. The van der Waals surface area contributed by atoms with Crippen molar-refractivity contribution < 1.29 is 89.0 Å². The Kier molecular flexibility index (Phi) is 12.9. The molecule has 0 radical (unpaired) electrons. The molecule has 0 aromatic carbocycles. The van der Waals surface area contributed by atoms with Gasteiger partial charge in [-0.2, -0.15) is 0 Å². The molecule has 2 spiro atoms. The third-order valence-electron chi connectivity index (χ3n) is 18.8. The Bertz CT molecular complexity index is 1760. The molecule has 372 valence electrons. The Morgan fingerprint density at radius 1 is 0.646 bits per heavy atom. The second-order valence-electron chi connectivity index (χ2n) is 22.9. The molecule has 0 amide bonds. The first kappa shape index (κ1) is 49.0. The fourth-order valence-electron chi connectivity index (χ4n) is 15.9. The molecule has 2 bridgehead atoms. The molecular weight excluding hydrogens is 852 g/mol. The maximum absolute atomic E-state index is 12.2. The van der Waals surface area contributed by atoms with Crippen LogP contribution in [0.2, 0.25) is 0 Å².